The Labute approximate surface area is 100 Å². The van der Waals surface area contributed by atoms with Crippen LogP contribution in [-0.4, -0.2) is 25.9 Å². The van der Waals surface area contributed by atoms with Gasteiger partial charge in [-0.1, -0.05) is 13.8 Å². The molecule has 1 aromatic heterocycles. The van der Waals surface area contributed by atoms with Crippen LogP contribution in [0.2, 0.25) is 0 Å². The molecule has 0 spiro atoms. The monoisotopic (exact) mass is 241 g/mol. The van der Waals surface area contributed by atoms with Crippen LogP contribution >= 0.6 is 0 Å². The van der Waals surface area contributed by atoms with Gasteiger partial charge in [0, 0.05) is 12.5 Å². The second-order valence-electron chi connectivity index (χ2n) is 4.16. The lowest BCUT2D eigenvalue weighted by Gasteiger charge is -2.17. The molecule has 0 amide bonds. The van der Waals surface area contributed by atoms with Crippen molar-refractivity contribution < 1.29 is 10.0 Å². The van der Waals surface area contributed by atoms with Crippen molar-refractivity contribution in [1.82, 2.24) is 9.78 Å². The fourth-order valence-electron chi connectivity index (χ4n) is 2.04. The Kier molecular flexibility index (Phi) is 4.22. The predicted octanol–water partition coefficient (Wildman–Crippen LogP) is 1.99. The van der Waals surface area contributed by atoms with E-state index in [0.29, 0.717) is 24.4 Å². The molecule has 1 rings (SSSR count). The zero-order chi connectivity index (χ0) is 13.2. The minimum Gasteiger partial charge on any atom is -0.392 e. The van der Waals surface area contributed by atoms with Gasteiger partial charge in [-0.25, -0.2) is 0 Å². The summed E-state index contributed by atoms with van der Waals surface area (Å²) in [5.74, 6) is -0.290. The minimum absolute atomic E-state index is 0.0341. The molecule has 96 valence electrons. The SMILES string of the molecule is CCC(O)C(C)c1c([N+](=O)[O-])c(C)nn1CC. The molecule has 6 nitrogen and oxygen atoms in total. The highest BCUT2D eigenvalue weighted by Crippen LogP contribution is 2.32. The zero-order valence-corrected chi connectivity index (χ0v) is 10.7. The number of nitrogens with zero attached hydrogens (tertiary/aromatic N) is 3. The molecule has 1 N–H and O–H groups in total. The lowest BCUT2D eigenvalue weighted by atomic mass is 9.97. The van der Waals surface area contributed by atoms with Gasteiger partial charge in [-0.3, -0.25) is 14.8 Å². The van der Waals surface area contributed by atoms with Gasteiger partial charge < -0.3 is 5.11 Å². The molecule has 0 radical (unpaired) electrons. The third kappa shape index (κ3) is 2.46. The van der Waals surface area contributed by atoms with Gasteiger partial charge in [0.25, 0.3) is 0 Å². The summed E-state index contributed by atoms with van der Waals surface area (Å²) in [6.07, 6.45) is -0.0261. The highest BCUT2D eigenvalue weighted by molar-refractivity contribution is 5.42. The van der Waals surface area contributed by atoms with E-state index in [1.165, 1.54) is 0 Å². The Morgan fingerprint density at radius 1 is 1.53 bits per heavy atom. The topological polar surface area (TPSA) is 81.2 Å². The van der Waals surface area contributed by atoms with Crippen LogP contribution in [0.4, 0.5) is 5.69 Å². The number of aryl methyl sites for hydroxylation is 2. The number of aliphatic hydroxyl groups is 1. The molecule has 0 bridgehead atoms. The quantitative estimate of drug-likeness (QED) is 0.631. The summed E-state index contributed by atoms with van der Waals surface area (Å²) >= 11 is 0. The predicted molar refractivity (Wildman–Crippen MR) is 64.0 cm³/mol. The van der Waals surface area contributed by atoms with Gasteiger partial charge in [-0.05, 0) is 20.3 Å². The van der Waals surface area contributed by atoms with Crippen molar-refractivity contribution in [1.29, 1.82) is 0 Å². The second kappa shape index (κ2) is 5.27. The summed E-state index contributed by atoms with van der Waals surface area (Å²) in [5, 5.41) is 25.1. The molecule has 0 saturated heterocycles. The molecule has 0 saturated carbocycles. The van der Waals surface area contributed by atoms with E-state index in [1.807, 2.05) is 13.8 Å². The van der Waals surface area contributed by atoms with Gasteiger partial charge in [-0.2, -0.15) is 5.10 Å². The fraction of sp³-hybridized carbons (Fsp3) is 0.727. The first-order valence-electron chi connectivity index (χ1n) is 5.83. The molecule has 1 heterocycles. The van der Waals surface area contributed by atoms with Gasteiger partial charge in [0.05, 0.1) is 11.0 Å². The van der Waals surface area contributed by atoms with E-state index < -0.39 is 11.0 Å². The first kappa shape index (κ1) is 13.6. The van der Waals surface area contributed by atoms with Crippen LogP contribution in [0, 0.1) is 17.0 Å². The van der Waals surface area contributed by atoms with Gasteiger partial charge in [0.1, 0.15) is 11.4 Å². The number of aromatic nitrogens is 2. The molecule has 0 aromatic carbocycles. The lowest BCUT2D eigenvalue weighted by molar-refractivity contribution is -0.386. The van der Waals surface area contributed by atoms with E-state index >= 15 is 0 Å². The highest BCUT2D eigenvalue weighted by atomic mass is 16.6. The van der Waals surface area contributed by atoms with Crippen LogP contribution in [0.3, 0.4) is 0 Å². The van der Waals surface area contributed by atoms with E-state index in [9.17, 15) is 15.2 Å². The Morgan fingerprint density at radius 3 is 2.53 bits per heavy atom. The van der Waals surface area contributed by atoms with Crippen LogP contribution < -0.4 is 0 Å². The highest BCUT2D eigenvalue weighted by Gasteiger charge is 2.31. The number of hydrogen-bond acceptors (Lipinski definition) is 4. The number of rotatable bonds is 5. The maximum absolute atomic E-state index is 11.1. The average Bonchev–Trinajstić information content (AvgIpc) is 2.63. The summed E-state index contributed by atoms with van der Waals surface area (Å²) in [6, 6.07) is 0. The van der Waals surface area contributed by atoms with E-state index in [2.05, 4.69) is 5.10 Å². The maximum atomic E-state index is 11.1. The largest absolute Gasteiger partial charge is 0.392 e. The van der Waals surface area contributed by atoms with Crippen molar-refractivity contribution in [3.8, 4) is 0 Å². The fourth-order valence-corrected chi connectivity index (χ4v) is 2.04. The van der Waals surface area contributed by atoms with Crippen molar-refractivity contribution in [2.75, 3.05) is 0 Å². The summed E-state index contributed by atoms with van der Waals surface area (Å²) in [6.45, 7) is 7.71. The van der Waals surface area contributed by atoms with Gasteiger partial charge >= 0.3 is 5.69 Å². The standard InChI is InChI=1S/C11H19N3O3/c1-5-9(15)7(3)10-11(14(16)17)8(4)12-13(10)6-2/h7,9,15H,5-6H2,1-4H3. The summed E-state index contributed by atoms with van der Waals surface area (Å²) in [5.41, 5.74) is 0.957. The molecule has 6 heteroatoms. The summed E-state index contributed by atoms with van der Waals surface area (Å²) in [4.78, 5) is 10.6. The van der Waals surface area contributed by atoms with Crippen LogP contribution in [-0.2, 0) is 6.54 Å². The molecule has 17 heavy (non-hydrogen) atoms. The Bertz CT molecular complexity index is 414. The van der Waals surface area contributed by atoms with E-state index in [0.717, 1.165) is 0 Å². The van der Waals surface area contributed by atoms with Crippen LogP contribution in [0.1, 0.15) is 44.5 Å². The van der Waals surface area contributed by atoms with Crippen molar-refractivity contribution >= 4 is 5.69 Å². The molecule has 2 unspecified atom stereocenters. The van der Waals surface area contributed by atoms with Crippen molar-refractivity contribution in [3.63, 3.8) is 0 Å². The third-order valence-electron chi connectivity index (χ3n) is 3.04. The Hall–Kier alpha value is -1.43. The van der Waals surface area contributed by atoms with Crippen molar-refractivity contribution in [3.05, 3.63) is 21.5 Å². The molecule has 1 aromatic rings. The first-order valence-corrected chi connectivity index (χ1v) is 5.83. The van der Waals surface area contributed by atoms with E-state index in [-0.39, 0.29) is 11.6 Å². The zero-order valence-electron chi connectivity index (χ0n) is 10.7. The molecular weight excluding hydrogens is 222 g/mol. The normalized spacial score (nSPS) is 14.6. The number of nitro groups is 1. The first-order chi connectivity index (χ1) is 7.93. The summed E-state index contributed by atoms with van der Waals surface area (Å²) < 4.78 is 1.61. The average molecular weight is 241 g/mol. The summed E-state index contributed by atoms with van der Waals surface area (Å²) in [7, 11) is 0. The van der Waals surface area contributed by atoms with Crippen LogP contribution in [0.15, 0.2) is 0 Å². The van der Waals surface area contributed by atoms with Gasteiger partial charge in [-0.15, -0.1) is 0 Å². The lowest BCUT2D eigenvalue weighted by Crippen LogP contribution is -2.19. The van der Waals surface area contributed by atoms with Crippen molar-refractivity contribution in [2.24, 2.45) is 0 Å². The maximum Gasteiger partial charge on any atom is 0.313 e. The van der Waals surface area contributed by atoms with Crippen LogP contribution in [0.5, 0.6) is 0 Å². The second-order valence-corrected chi connectivity index (χ2v) is 4.16. The number of hydrogen-bond donors (Lipinski definition) is 1. The minimum atomic E-state index is -0.588. The molecule has 0 fully saturated rings. The van der Waals surface area contributed by atoms with Gasteiger partial charge in [0.15, 0.2) is 0 Å². The Balaban J connectivity index is 3.32. The Morgan fingerprint density at radius 2 is 2.12 bits per heavy atom. The van der Waals surface area contributed by atoms with E-state index in [4.69, 9.17) is 0 Å². The molecule has 2 atom stereocenters. The number of aliphatic hydroxyl groups excluding tert-OH is 1. The smallest absolute Gasteiger partial charge is 0.313 e. The molecular formula is C11H19N3O3. The van der Waals surface area contributed by atoms with Gasteiger partial charge in [0.2, 0.25) is 0 Å². The third-order valence-corrected chi connectivity index (χ3v) is 3.04. The van der Waals surface area contributed by atoms with Crippen LogP contribution in [0.25, 0.3) is 0 Å². The van der Waals surface area contributed by atoms with E-state index in [1.54, 1.807) is 18.5 Å². The van der Waals surface area contributed by atoms with Crippen molar-refractivity contribution in [2.45, 2.75) is 52.7 Å². The molecule has 0 aliphatic rings. The molecule has 0 aliphatic carbocycles. The molecule has 0 aliphatic heterocycles.